The summed E-state index contributed by atoms with van der Waals surface area (Å²) >= 11 is 0. The highest BCUT2D eigenvalue weighted by Crippen LogP contribution is 2.41. The number of methoxy groups -OCH3 is 1. The Kier molecular flexibility index (Phi) is 7.03. The molecular formula is C26H30N2O3. The van der Waals surface area contributed by atoms with Crippen molar-refractivity contribution in [1.82, 2.24) is 9.80 Å². The number of hydrogen-bond acceptors (Lipinski definition) is 4. The Balaban J connectivity index is 1.51. The molecule has 2 aromatic rings. The summed E-state index contributed by atoms with van der Waals surface area (Å²) in [5.41, 5.74) is 3.17. The van der Waals surface area contributed by atoms with Crippen LogP contribution in [0.15, 0.2) is 54.6 Å². The van der Waals surface area contributed by atoms with Crippen molar-refractivity contribution in [3.05, 3.63) is 71.3 Å². The van der Waals surface area contributed by atoms with Gasteiger partial charge in [0.2, 0.25) is 5.91 Å². The highest BCUT2D eigenvalue weighted by Gasteiger charge is 2.49. The van der Waals surface area contributed by atoms with Gasteiger partial charge in [0.1, 0.15) is 6.61 Å². The minimum Gasteiger partial charge on any atom is -0.395 e. The van der Waals surface area contributed by atoms with Crippen molar-refractivity contribution >= 4 is 5.91 Å². The second-order valence-electron chi connectivity index (χ2n) is 8.30. The Morgan fingerprint density at radius 2 is 1.71 bits per heavy atom. The zero-order valence-corrected chi connectivity index (χ0v) is 18.0. The Labute approximate surface area is 184 Å². The lowest BCUT2D eigenvalue weighted by Gasteiger charge is -2.57. The second-order valence-corrected chi connectivity index (χ2v) is 8.30. The number of ether oxygens (including phenoxy) is 1. The molecule has 1 amide bonds. The van der Waals surface area contributed by atoms with Gasteiger partial charge in [-0.15, -0.1) is 0 Å². The zero-order chi connectivity index (χ0) is 21.6. The molecule has 0 saturated carbocycles. The topological polar surface area (TPSA) is 53.0 Å². The molecule has 2 fully saturated rings. The molecule has 162 valence electrons. The fourth-order valence-corrected chi connectivity index (χ4v) is 4.84. The van der Waals surface area contributed by atoms with E-state index in [1.807, 2.05) is 35.2 Å². The minimum absolute atomic E-state index is 0.0436. The van der Waals surface area contributed by atoms with Crippen LogP contribution in [-0.2, 0) is 9.53 Å². The average Bonchev–Trinajstić information content (AvgIpc) is 2.78. The van der Waals surface area contributed by atoms with Crippen molar-refractivity contribution in [2.75, 3.05) is 40.0 Å². The van der Waals surface area contributed by atoms with E-state index in [0.717, 1.165) is 37.1 Å². The molecule has 0 aliphatic carbocycles. The van der Waals surface area contributed by atoms with Gasteiger partial charge in [-0.3, -0.25) is 9.69 Å². The van der Waals surface area contributed by atoms with Crippen LogP contribution < -0.4 is 0 Å². The van der Waals surface area contributed by atoms with E-state index in [1.54, 1.807) is 7.11 Å². The van der Waals surface area contributed by atoms with Crippen LogP contribution in [0.5, 0.6) is 0 Å². The first kappa shape index (κ1) is 21.6. The zero-order valence-electron chi connectivity index (χ0n) is 18.0. The first-order chi connectivity index (χ1) is 15.2. The van der Waals surface area contributed by atoms with Crippen LogP contribution in [0.3, 0.4) is 0 Å². The summed E-state index contributed by atoms with van der Waals surface area (Å²) in [6.07, 6.45) is 2.01. The molecule has 0 unspecified atom stereocenters. The standard InChI is InChI=1S/C26H30N2O3/c1-31-19-25(30)27-15-5-6-16-28-23(17-27)26(24(28)18-29)22-13-11-21(12-14-22)10-9-20-7-3-2-4-8-20/h2-4,7-8,11-14,23-24,26,29H,5-6,15-19H2,1H3/t23-,24+,26-/m0/s1. The third-order valence-electron chi connectivity index (χ3n) is 6.41. The molecule has 2 heterocycles. The monoisotopic (exact) mass is 418 g/mol. The molecule has 2 aliphatic heterocycles. The van der Waals surface area contributed by atoms with E-state index in [2.05, 4.69) is 41.0 Å². The van der Waals surface area contributed by atoms with Crippen LogP contribution in [-0.4, -0.2) is 72.9 Å². The van der Waals surface area contributed by atoms with Gasteiger partial charge in [-0.1, -0.05) is 42.2 Å². The molecule has 3 atom stereocenters. The summed E-state index contributed by atoms with van der Waals surface area (Å²) in [5, 5.41) is 10.1. The van der Waals surface area contributed by atoms with Gasteiger partial charge in [-0.25, -0.2) is 0 Å². The number of rotatable bonds is 4. The van der Waals surface area contributed by atoms with Gasteiger partial charge in [-0.2, -0.15) is 0 Å². The molecule has 5 nitrogen and oxygen atoms in total. The maximum absolute atomic E-state index is 12.5. The van der Waals surface area contributed by atoms with Crippen molar-refractivity contribution in [2.24, 2.45) is 0 Å². The van der Waals surface area contributed by atoms with E-state index >= 15 is 0 Å². The Bertz CT molecular complexity index is 933. The van der Waals surface area contributed by atoms with E-state index < -0.39 is 0 Å². The quantitative estimate of drug-likeness (QED) is 0.776. The van der Waals surface area contributed by atoms with Gasteiger partial charge < -0.3 is 14.7 Å². The van der Waals surface area contributed by atoms with E-state index in [-0.39, 0.29) is 37.1 Å². The lowest BCUT2D eigenvalue weighted by Crippen LogP contribution is -2.68. The lowest BCUT2D eigenvalue weighted by molar-refractivity contribution is -0.140. The summed E-state index contributed by atoms with van der Waals surface area (Å²) in [5.74, 6) is 6.67. The smallest absolute Gasteiger partial charge is 0.248 e. The molecule has 1 N–H and O–H groups in total. The van der Waals surface area contributed by atoms with Gasteiger partial charge in [0.25, 0.3) is 0 Å². The Morgan fingerprint density at radius 3 is 2.39 bits per heavy atom. The van der Waals surface area contributed by atoms with Crippen LogP contribution in [0.2, 0.25) is 0 Å². The Hall–Kier alpha value is -2.65. The van der Waals surface area contributed by atoms with Crippen molar-refractivity contribution in [2.45, 2.75) is 30.8 Å². The molecule has 2 saturated heterocycles. The maximum Gasteiger partial charge on any atom is 0.248 e. The summed E-state index contributed by atoms with van der Waals surface area (Å²) in [6.45, 7) is 2.67. The lowest BCUT2D eigenvalue weighted by atomic mass is 9.74. The molecular weight excluding hydrogens is 388 g/mol. The molecule has 0 spiro atoms. The molecule has 0 radical (unpaired) electrons. The fraction of sp³-hybridized carbons (Fsp3) is 0.423. The number of aliphatic hydroxyl groups excluding tert-OH is 1. The summed E-state index contributed by atoms with van der Waals surface area (Å²) < 4.78 is 5.07. The van der Waals surface area contributed by atoms with Crippen molar-refractivity contribution in [3.63, 3.8) is 0 Å². The molecule has 0 aromatic heterocycles. The highest BCUT2D eigenvalue weighted by molar-refractivity contribution is 5.77. The van der Waals surface area contributed by atoms with Crippen LogP contribution in [0.25, 0.3) is 0 Å². The molecule has 5 heteroatoms. The number of carbonyl (C=O) groups excluding carboxylic acids is 1. The van der Waals surface area contributed by atoms with E-state index in [0.29, 0.717) is 6.54 Å². The van der Waals surface area contributed by atoms with Gasteiger partial charge in [-0.05, 0) is 49.2 Å². The minimum atomic E-state index is 0.0436. The van der Waals surface area contributed by atoms with Crippen molar-refractivity contribution < 1.29 is 14.6 Å². The number of benzene rings is 2. The fourth-order valence-electron chi connectivity index (χ4n) is 4.84. The largest absolute Gasteiger partial charge is 0.395 e. The molecule has 31 heavy (non-hydrogen) atoms. The normalized spacial score (nSPS) is 23.5. The van der Waals surface area contributed by atoms with Crippen molar-refractivity contribution in [3.8, 4) is 11.8 Å². The van der Waals surface area contributed by atoms with Gasteiger partial charge in [0, 0.05) is 49.3 Å². The van der Waals surface area contributed by atoms with Crippen LogP contribution >= 0.6 is 0 Å². The van der Waals surface area contributed by atoms with E-state index in [4.69, 9.17) is 4.74 Å². The van der Waals surface area contributed by atoms with Crippen LogP contribution in [0.4, 0.5) is 0 Å². The number of carbonyl (C=O) groups is 1. The Morgan fingerprint density at radius 1 is 1.03 bits per heavy atom. The predicted molar refractivity (Wildman–Crippen MR) is 121 cm³/mol. The van der Waals surface area contributed by atoms with Crippen molar-refractivity contribution in [1.29, 1.82) is 0 Å². The average molecular weight is 419 g/mol. The first-order valence-corrected chi connectivity index (χ1v) is 11.0. The second kappa shape index (κ2) is 10.1. The molecule has 2 aromatic carbocycles. The highest BCUT2D eigenvalue weighted by atomic mass is 16.5. The number of aliphatic hydroxyl groups is 1. The summed E-state index contributed by atoms with van der Waals surface area (Å²) in [7, 11) is 1.56. The van der Waals surface area contributed by atoms with Gasteiger partial charge >= 0.3 is 0 Å². The third kappa shape index (κ3) is 4.83. The first-order valence-electron chi connectivity index (χ1n) is 11.0. The molecule has 0 bridgehead atoms. The summed E-state index contributed by atoms with van der Waals surface area (Å²) in [4.78, 5) is 16.8. The third-order valence-corrected chi connectivity index (χ3v) is 6.41. The molecule has 2 aliphatic rings. The van der Waals surface area contributed by atoms with E-state index in [1.165, 1.54) is 5.56 Å². The molecule has 4 rings (SSSR count). The SMILES string of the molecule is COCC(=O)N1CCCCN2[C@H](CO)[C@@H](c3ccc(C#Cc4ccccc4)cc3)[C@@H]2C1. The van der Waals surface area contributed by atoms with Gasteiger partial charge in [0.15, 0.2) is 0 Å². The van der Waals surface area contributed by atoms with Crippen LogP contribution in [0.1, 0.15) is 35.4 Å². The van der Waals surface area contributed by atoms with E-state index in [9.17, 15) is 9.90 Å². The number of nitrogens with zero attached hydrogens (tertiary/aromatic N) is 2. The number of fused-ring (bicyclic) bond motifs is 1. The number of hydrogen-bond donors (Lipinski definition) is 1. The number of amides is 1. The maximum atomic E-state index is 12.5. The summed E-state index contributed by atoms with van der Waals surface area (Å²) in [6, 6.07) is 18.6. The van der Waals surface area contributed by atoms with Gasteiger partial charge in [0.05, 0.1) is 6.61 Å². The van der Waals surface area contributed by atoms with Crippen LogP contribution in [0, 0.1) is 11.8 Å². The predicted octanol–water partition coefficient (Wildman–Crippen LogP) is 2.48.